The number of ether oxygens (including phenoxy) is 2. The number of halogens is 1. The van der Waals surface area contributed by atoms with Gasteiger partial charge in [-0.2, -0.15) is 0 Å². The number of thioether (sulfide) groups is 1. The van der Waals surface area contributed by atoms with Gasteiger partial charge < -0.3 is 14.8 Å². The summed E-state index contributed by atoms with van der Waals surface area (Å²) in [5.41, 5.74) is 4.61. The van der Waals surface area contributed by atoms with E-state index in [0.717, 1.165) is 28.2 Å². The first-order valence-electron chi connectivity index (χ1n) is 11.7. The van der Waals surface area contributed by atoms with Gasteiger partial charge in [-0.3, -0.25) is 4.79 Å². The van der Waals surface area contributed by atoms with Crippen molar-refractivity contribution in [1.29, 1.82) is 0 Å². The highest BCUT2D eigenvalue weighted by molar-refractivity contribution is 8.00. The van der Waals surface area contributed by atoms with E-state index in [4.69, 9.17) is 26.1 Å². The molecule has 1 unspecified atom stereocenters. The fraction of sp³-hybridized carbons (Fsp3) is 0.214. The highest BCUT2D eigenvalue weighted by atomic mass is 35.5. The van der Waals surface area contributed by atoms with Gasteiger partial charge >= 0.3 is 0 Å². The van der Waals surface area contributed by atoms with Gasteiger partial charge in [-0.15, -0.1) is 10.2 Å². The summed E-state index contributed by atoms with van der Waals surface area (Å²) in [6, 6.07) is 20.6. The van der Waals surface area contributed by atoms with E-state index in [2.05, 4.69) is 15.5 Å². The number of nitrogens with zero attached hydrogens (tertiary/aromatic N) is 3. The number of carbonyl (C=O) groups is 1. The summed E-state index contributed by atoms with van der Waals surface area (Å²) in [6.07, 6.45) is 0.581. The Morgan fingerprint density at radius 1 is 0.919 bits per heavy atom. The average molecular weight is 535 g/mol. The number of carbonyl (C=O) groups excluding carboxylic acids is 1. The normalized spacial score (nSPS) is 11.6. The van der Waals surface area contributed by atoms with E-state index in [0.29, 0.717) is 33.7 Å². The number of aryl methyl sites for hydroxylation is 1. The first-order chi connectivity index (χ1) is 17.9. The van der Waals surface area contributed by atoms with Crippen molar-refractivity contribution in [3.63, 3.8) is 0 Å². The first kappa shape index (κ1) is 26.4. The zero-order valence-corrected chi connectivity index (χ0v) is 22.6. The third-order valence-electron chi connectivity index (χ3n) is 5.76. The van der Waals surface area contributed by atoms with Crippen molar-refractivity contribution in [2.45, 2.75) is 30.7 Å². The molecule has 4 rings (SSSR count). The summed E-state index contributed by atoms with van der Waals surface area (Å²) in [5.74, 6) is 1.34. The number of benzene rings is 3. The van der Waals surface area contributed by atoms with Crippen LogP contribution in [0.2, 0.25) is 5.02 Å². The summed E-state index contributed by atoms with van der Waals surface area (Å²) in [4.78, 5) is 18.0. The Bertz CT molecular complexity index is 1380. The molecule has 0 radical (unpaired) electrons. The second-order valence-corrected chi connectivity index (χ2v) is 9.82. The smallest absolute Gasteiger partial charge is 0.237 e. The van der Waals surface area contributed by atoms with Crippen molar-refractivity contribution in [2.24, 2.45) is 0 Å². The molecule has 0 saturated carbocycles. The maximum atomic E-state index is 13.1. The van der Waals surface area contributed by atoms with Crippen LogP contribution >= 0.6 is 23.4 Å². The van der Waals surface area contributed by atoms with Gasteiger partial charge in [0, 0.05) is 21.8 Å². The van der Waals surface area contributed by atoms with Crippen LogP contribution < -0.4 is 14.8 Å². The lowest BCUT2D eigenvalue weighted by atomic mass is 10.0. The van der Waals surface area contributed by atoms with E-state index in [1.54, 1.807) is 26.4 Å². The first-order valence-corrected chi connectivity index (χ1v) is 12.9. The highest BCUT2D eigenvalue weighted by Gasteiger charge is 2.22. The Hall–Kier alpha value is -3.62. The summed E-state index contributed by atoms with van der Waals surface area (Å²) in [5, 5.41) is 12.4. The van der Waals surface area contributed by atoms with Gasteiger partial charge in [-0.25, -0.2) is 4.98 Å². The van der Waals surface area contributed by atoms with Crippen LogP contribution in [0.25, 0.3) is 22.5 Å². The molecule has 4 aromatic rings. The fourth-order valence-electron chi connectivity index (χ4n) is 3.65. The Labute approximate surface area is 225 Å². The highest BCUT2D eigenvalue weighted by Crippen LogP contribution is 2.33. The van der Waals surface area contributed by atoms with Gasteiger partial charge in [-0.1, -0.05) is 36.4 Å². The molecule has 0 fully saturated rings. The third-order valence-corrected chi connectivity index (χ3v) is 7.21. The minimum Gasteiger partial charge on any atom is -0.497 e. The molecule has 190 valence electrons. The maximum absolute atomic E-state index is 13.1. The van der Waals surface area contributed by atoms with Gasteiger partial charge in [0.15, 0.2) is 0 Å². The van der Waals surface area contributed by atoms with Crippen molar-refractivity contribution < 1.29 is 14.3 Å². The van der Waals surface area contributed by atoms with Crippen LogP contribution in [0, 0.1) is 6.92 Å². The van der Waals surface area contributed by atoms with Gasteiger partial charge in [0.1, 0.15) is 22.9 Å². The van der Waals surface area contributed by atoms with E-state index < -0.39 is 5.25 Å². The third kappa shape index (κ3) is 6.39. The van der Waals surface area contributed by atoms with Crippen LogP contribution in [0.4, 0.5) is 5.69 Å². The minimum atomic E-state index is -0.421. The van der Waals surface area contributed by atoms with Crippen LogP contribution in [-0.2, 0) is 4.79 Å². The molecule has 1 atom stereocenters. The van der Waals surface area contributed by atoms with E-state index >= 15 is 0 Å². The number of aromatic nitrogens is 3. The number of rotatable bonds is 9. The van der Waals surface area contributed by atoms with Crippen LogP contribution in [-0.4, -0.2) is 40.6 Å². The second kappa shape index (κ2) is 12.1. The van der Waals surface area contributed by atoms with Gasteiger partial charge in [-0.05, 0) is 79.6 Å². The average Bonchev–Trinajstić information content (AvgIpc) is 2.93. The molecule has 7 nitrogen and oxygen atoms in total. The predicted molar refractivity (Wildman–Crippen MR) is 149 cm³/mol. The zero-order chi connectivity index (χ0) is 26.4. The molecule has 1 N–H and O–H groups in total. The number of amides is 1. The Morgan fingerprint density at radius 2 is 1.51 bits per heavy atom. The van der Waals surface area contributed by atoms with Gasteiger partial charge in [0.2, 0.25) is 11.1 Å². The summed E-state index contributed by atoms with van der Waals surface area (Å²) < 4.78 is 10.6. The lowest BCUT2D eigenvalue weighted by molar-refractivity contribution is -0.115. The van der Waals surface area contributed by atoms with Crippen LogP contribution in [0.3, 0.4) is 0 Å². The zero-order valence-electron chi connectivity index (χ0n) is 21.0. The van der Waals surface area contributed by atoms with Crippen LogP contribution in [0.5, 0.6) is 11.5 Å². The molecule has 1 aromatic heterocycles. The number of methoxy groups -OCH3 is 2. The van der Waals surface area contributed by atoms with Crippen molar-refractivity contribution in [3.8, 4) is 34.0 Å². The Morgan fingerprint density at radius 3 is 2.08 bits per heavy atom. The number of nitrogens with one attached hydrogen (secondary N) is 1. The molecule has 0 saturated heterocycles. The molecule has 0 aliphatic carbocycles. The molecule has 3 aromatic carbocycles. The van der Waals surface area contributed by atoms with Crippen LogP contribution in [0.1, 0.15) is 18.9 Å². The quantitative estimate of drug-likeness (QED) is 0.239. The van der Waals surface area contributed by atoms with E-state index in [1.165, 1.54) is 11.8 Å². The maximum Gasteiger partial charge on any atom is 0.237 e. The Balaban J connectivity index is 1.66. The predicted octanol–water partition coefficient (Wildman–Crippen LogP) is 6.69. The number of hydrogen-bond acceptors (Lipinski definition) is 7. The standard InChI is InChI=1S/C28H27ClN4O3S/c1-5-24(27(34)30-23-16-20(29)11-6-17(23)2)37-28-31-25(18-7-12-21(35-3)13-8-18)26(32-33-28)19-9-14-22(36-4)15-10-19/h6-16,24H,5H2,1-4H3,(H,30,34). The fourth-order valence-corrected chi connectivity index (χ4v) is 4.64. The summed E-state index contributed by atoms with van der Waals surface area (Å²) in [6.45, 7) is 3.87. The molecule has 0 bridgehead atoms. The Kier molecular flexibility index (Phi) is 8.63. The largest absolute Gasteiger partial charge is 0.497 e. The number of hydrogen-bond donors (Lipinski definition) is 1. The second-order valence-electron chi connectivity index (χ2n) is 8.21. The van der Waals surface area contributed by atoms with Crippen molar-refractivity contribution in [1.82, 2.24) is 15.2 Å². The summed E-state index contributed by atoms with van der Waals surface area (Å²) in [7, 11) is 3.25. The number of anilines is 1. The minimum absolute atomic E-state index is 0.147. The molecular formula is C28H27ClN4O3S. The molecule has 0 spiro atoms. The molecule has 0 aliphatic rings. The molecule has 9 heteroatoms. The lowest BCUT2D eigenvalue weighted by Gasteiger charge is -2.16. The molecule has 1 amide bonds. The van der Waals surface area contributed by atoms with E-state index in [1.807, 2.05) is 68.4 Å². The SMILES string of the molecule is CCC(Sc1nnc(-c2ccc(OC)cc2)c(-c2ccc(OC)cc2)n1)C(=O)Nc1cc(Cl)ccc1C. The molecule has 0 aliphatic heterocycles. The van der Waals surface area contributed by atoms with Crippen molar-refractivity contribution in [3.05, 3.63) is 77.3 Å². The molecular weight excluding hydrogens is 508 g/mol. The topological polar surface area (TPSA) is 86.2 Å². The van der Waals surface area contributed by atoms with Gasteiger partial charge in [0.05, 0.1) is 19.5 Å². The van der Waals surface area contributed by atoms with Crippen LogP contribution in [0.15, 0.2) is 71.9 Å². The summed E-state index contributed by atoms with van der Waals surface area (Å²) >= 11 is 7.40. The van der Waals surface area contributed by atoms with E-state index in [-0.39, 0.29) is 5.91 Å². The lowest BCUT2D eigenvalue weighted by Crippen LogP contribution is -2.25. The molecule has 1 heterocycles. The van der Waals surface area contributed by atoms with Crippen molar-refractivity contribution >= 4 is 35.0 Å². The van der Waals surface area contributed by atoms with Crippen molar-refractivity contribution in [2.75, 3.05) is 19.5 Å². The van der Waals surface area contributed by atoms with E-state index in [9.17, 15) is 4.79 Å². The van der Waals surface area contributed by atoms with Gasteiger partial charge in [0.25, 0.3) is 0 Å². The molecule has 37 heavy (non-hydrogen) atoms. The monoisotopic (exact) mass is 534 g/mol.